The molecule has 0 saturated carbocycles. The number of halogens is 3. The van der Waals surface area contributed by atoms with Gasteiger partial charge in [0.15, 0.2) is 0 Å². The van der Waals surface area contributed by atoms with Crippen molar-refractivity contribution in [2.45, 2.75) is 26.1 Å². The Kier molecular flexibility index (Phi) is 4.21. The van der Waals surface area contributed by atoms with Crippen LogP contribution in [0.2, 0.25) is 0 Å². The van der Waals surface area contributed by atoms with Crippen molar-refractivity contribution >= 4 is 11.6 Å². The van der Waals surface area contributed by atoms with Gasteiger partial charge in [-0.15, -0.1) is 0 Å². The Hall–Kier alpha value is -1.72. The molecular formula is C12H15F3N2O. The number of carbonyl (C=O) groups is 1. The number of hydrogen-bond acceptors (Lipinski definition) is 2. The zero-order valence-electron chi connectivity index (χ0n) is 10.4. The molecule has 0 radical (unpaired) electrons. The summed E-state index contributed by atoms with van der Waals surface area (Å²) in [7, 11) is 1.36. The van der Waals surface area contributed by atoms with E-state index in [1.165, 1.54) is 19.2 Å². The van der Waals surface area contributed by atoms with E-state index in [4.69, 9.17) is 0 Å². The molecule has 0 aliphatic carbocycles. The summed E-state index contributed by atoms with van der Waals surface area (Å²) in [5.41, 5.74) is -1.06. The summed E-state index contributed by atoms with van der Waals surface area (Å²) in [6.07, 6.45) is -4.49. The molecular weight excluding hydrogens is 245 g/mol. The van der Waals surface area contributed by atoms with E-state index < -0.39 is 17.6 Å². The maximum atomic E-state index is 12.8. The Balaban J connectivity index is 3.25. The van der Waals surface area contributed by atoms with Crippen LogP contribution in [0.3, 0.4) is 0 Å². The standard InChI is InChI=1S/C12H15F3N2O/c1-7(2)17-11(18)8-5-4-6-9(10(8)16-3)12(13,14)15/h4-7,16H,1-3H3,(H,17,18). The van der Waals surface area contributed by atoms with Gasteiger partial charge in [-0.1, -0.05) is 6.07 Å². The second-order valence-electron chi connectivity index (χ2n) is 4.10. The second kappa shape index (κ2) is 5.29. The van der Waals surface area contributed by atoms with Crippen LogP contribution < -0.4 is 10.6 Å². The third-order valence-electron chi connectivity index (χ3n) is 2.28. The summed E-state index contributed by atoms with van der Waals surface area (Å²) in [5.74, 6) is -0.527. The van der Waals surface area contributed by atoms with Crippen molar-refractivity contribution in [1.82, 2.24) is 5.32 Å². The van der Waals surface area contributed by atoms with E-state index in [1.54, 1.807) is 13.8 Å². The molecule has 18 heavy (non-hydrogen) atoms. The van der Waals surface area contributed by atoms with Gasteiger partial charge in [0.25, 0.3) is 5.91 Å². The van der Waals surface area contributed by atoms with Crippen LogP contribution in [0, 0.1) is 0 Å². The molecule has 1 rings (SSSR count). The van der Waals surface area contributed by atoms with Gasteiger partial charge in [0, 0.05) is 13.1 Å². The van der Waals surface area contributed by atoms with Crippen LogP contribution in [0.25, 0.3) is 0 Å². The van der Waals surface area contributed by atoms with Crippen molar-refractivity contribution < 1.29 is 18.0 Å². The van der Waals surface area contributed by atoms with Crippen molar-refractivity contribution in [2.24, 2.45) is 0 Å². The van der Waals surface area contributed by atoms with Crippen LogP contribution >= 0.6 is 0 Å². The zero-order valence-corrected chi connectivity index (χ0v) is 10.4. The Morgan fingerprint density at radius 2 is 1.89 bits per heavy atom. The monoisotopic (exact) mass is 260 g/mol. The van der Waals surface area contributed by atoms with Crippen LogP contribution in [0.4, 0.5) is 18.9 Å². The number of anilines is 1. The Labute approximate surface area is 103 Å². The van der Waals surface area contributed by atoms with Crippen molar-refractivity contribution in [2.75, 3.05) is 12.4 Å². The molecule has 0 unspecified atom stereocenters. The lowest BCUT2D eigenvalue weighted by Gasteiger charge is -2.17. The van der Waals surface area contributed by atoms with Crippen LogP contribution in [-0.4, -0.2) is 19.0 Å². The van der Waals surface area contributed by atoms with E-state index in [0.29, 0.717) is 0 Å². The van der Waals surface area contributed by atoms with Crippen LogP contribution in [-0.2, 0) is 6.18 Å². The minimum Gasteiger partial charge on any atom is -0.387 e. The van der Waals surface area contributed by atoms with Crippen LogP contribution in [0.15, 0.2) is 18.2 Å². The number of rotatable bonds is 3. The van der Waals surface area contributed by atoms with Crippen molar-refractivity contribution in [1.29, 1.82) is 0 Å². The van der Waals surface area contributed by atoms with Gasteiger partial charge >= 0.3 is 6.18 Å². The molecule has 0 spiro atoms. The molecule has 2 N–H and O–H groups in total. The first-order chi connectivity index (χ1) is 8.27. The van der Waals surface area contributed by atoms with Crippen LogP contribution in [0.5, 0.6) is 0 Å². The summed E-state index contributed by atoms with van der Waals surface area (Å²) in [5, 5.41) is 5.01. The maximum Gasteiger partial charge on any atom is 0.418 e. The second-order valence-corrected chi connectivity index (χ2v) is 4.10. The highest BCUT2D eigenvalue weighted by atomic mass is 19.4. The summed E-state index contributed by atoms with van der Waals surface area (Å²) >= 11 is 0. The van der Waals surface area contributed by atoms with Crippen molar-refractivity contribution in [3.8, 4) is 0 Å². The first-order valence-electron chi connectivity index (χ1n) is 5.46. The van der Waals surface area contributed by atoms with Gasteiger partial charge in [-0.2, -0.15) is 13.2 Å². The zero-order chi connectivity index (χ0) is 13.9. The molecule has 1 amide bonds. The molecule has 6 heteroatoms. The van der Waals surface area contributed by atoms with Crippen LogP contribution in [0.1, 0.15) is 29.8 Å². The fourth-order valence-corrected chi connectivity index (χ4v) is 1.59. The van der Waals surface area contributed by atoms with Gasteiger partial charge in [-0.05, 0) is 26.0 Å². The largest absolute Gasteiger partial charge is 0.418 e. The molecule has 0 atom stereocenters. The number of alkyl halides is 3. The fourth-order valence-electron chi connectivity index (χ4n) is 1.59. The molecule has 1 aromatic rings. The first-order valence-corrected chi connectivity index (χ1v) is 5.46. The fraction of sp³-hybridized carbons (Fsp3) is 0.417. The average Bonchev–Trinajstić information content (AvgIpc) is 2.25. The molecule has 0 aliphatic heterocycles. The number of para-hydroxylation sites is 1. The van der Waals surface area contributed by atoms with Gasteiger partial charge in [-0.3, -0.25) is 4.79 Å². The molecule has 0 heterocycles. The van der Waals surface area contributed by atoms with E-state index >= 15 is 0 Å². The molecule has 0 aromatic heterocycles. The molecule has 0 aliphatic rings. The minimum atomic E-state index is -4.49. The lowest BCUT2D eigenvalue weighted by Crippen LogP contribution is -2.31. The van der Waals surface area contributed by atoms with Gasteiger partial charge < -0.3 is 10.6 Å². The third-order valence-corrected chi connectivity index (χ3v) is 2.28. The predicted octanol–water partition coefficient (Wildman–Crippen LogP) is 2.89. The number of carbonyl (C=O) groups excluding carboxylic acids is 1. The average molecular weight is 260 g/mol. The summed E-state index contributed by atoms with van der Waals surface area (Å²) in [6, 6.07) is 3.38. The van der Waals surface area contributed by atoms with E-state index in [9.17, 15) is 18.0 Å². The van der Waals surface area contributed by atoms with E-state index in [-0.39, 0.29) is 17.3 Å². The molecule has 0 bridgehead atoms. The molecule has 0 saturated heterocycles. The third kappa shape index (κ3) is 3.15. The van der Waals surface area contributed by atoms with Crippen molar-refractivity contribution in [3.63, 3.8) is 0 Å². The van der Waals surface area contributed by atoms with Crippen molar-refractivity contribution in [3.05, 3.63) is 29.3 Å². The highest BCUT2D eigenvalue weighted by Crippen LogP contribution is 2.36. The number of hydrogen-bond donors (Lipinski definition) is 2. The molecule has 0 fully saturated rings. The quantitative estimate of drug-likeness (QED) is 0.877. The number of nitrogens with one attached hydrogen (secondary N) is 2. The molecule has 3 nitrogen and oxygen atoms in total. The number of benzene rings is 1. The summed E-state index contributed by atoms with van der Waals surface area (Å²) < 4.78 is 38.3. The van der Waals surface area contributed by atoms with Gasteiger partial charge in [0.2, 0.25) is 0 Å². The Bertz CT molecular complexity index is 441. The van der Waals surface area contributed by atoms with Gasteiger partial charge in [-0.25, -0.2) is 0 Å². The first kappa shape index (κ1) is 14.3. The Morgan fingerprint density at radius 3 is 2.33 bits per heavy atom. The highest BCUT2D eigenvalue weighted by Gasteiger charge is 2.34. The number of amides is 1. The molecule has 100 valence electrons. The lowest BCUT2D eigenvalue weighted by atomic mass is 10.1. The van der Waals surface area contributed by atoms with E-state index in [1.807, 2.05) is 0 Å². The SMILES string of the molecule is CNc1c(C(=O)NC(C)C)cccc1C(F)(F)F. The predicted molar refractivity (Wildman–Crippen MR) is 63.6 cm³/mol. The minimum absolute atomic E-state index is 0.0129. The van der Waals surface area contributed by atoms with E-state index in [0.717, 1.165) is 6.07 Å². The molecule has 1 aromatic carbocycles. The smallest absolute Gasteiger partial charge is 0.387 e. The normalized spacial score (nSPS) is 11.5. The van der Waals surface area contributed by atoms with Gasteiger partial charge in [0.1, 0.15) is 0 Å². The summed E-state index contributed by atoms with van der Waals surface area (Å²) in [4.78, 5) is 11.8. The summed E-state index contributed by atoms with van der Waals surface area (Å²) in [6.45, 7) is 3.48. The van der Waals surface area contributed by atoms with E-state index in [2.05, 4.69) is 10.6 Å². The van der Waals surface area contributed by atoms with Gasteiger partial charge in [0.05, 0.1) is 16.8 Å². The topological polar surface area (TPSA) is 41.1 Å². The lowest BCUT2D eigenvalue weighted by molar-refractivity contribution is -0.136. The highest BCUT2D eigenvalue weighted by molar-refractivity contribution is 6.00. The Morgan fingerprint density at radius 1 is 1.28 bits per heavy atom. The maximum absolute atomic E-state index is 12.8.